The molecule has 5 rings (SSSR count). The lowest BCUT2D eigenvalue weighted by Crippen LogP contribution is -2.53. The summed E-state index contributed by atoms with van der Waals surface area (Å²) in [6.07, 6.45) is 4.49. The van der Waals surface area contributed by atoms with Gasteiger partial charge in [-0.05, 0) is 73.6 Å². The SMILES string of the molecule is C[C@H](C(=O)N1CCCC1)[C@@H]1CC[C@@]2(C)Cc3sc(-c4ccc(F)cc4)nc3[C@@H](C)[C@@H]2[C@H]1O. The maximum Gasteiger partial charge on any atom is 0.225 e. The van der Waals surface area contributed by atoms with E-state index < -0.39 is 6.10 Å². The monoisotopic (exact) mass is 456 g/mol. The molecule has 0 radical (unpaired) electrons. The summed E-state index contributed by atoms with van der Waals surface area (Å²) >= 11 is 1.71. The van der Waals surface area contributed by atoms with Crippen molar-refractivity contribution in [2.24, 2.45) is 23.2 Å². The highest BCUT2D eigenvalue weighted by Gasteiger charge is 2.54. The minimum Gasteiger partial charge on any atom is -0.392 e. The van der Waals surface area contributed by atoms with E-state index in [-0.39, 0.29) is 40.8 Å². The van der Waals surface area contributed by atoms with Crippen LogP contribution in [-0.4, -0.2) is 40.1 Å². The Hall–Kier alpha value is -1.79. The van der Waals surface area contributed by atoms with Gasteiger partial charge in [0.15, 0.2) is 0 Å². The van der Waals surface area contributed by atoms with E-state index in [0.717, 1.165) is 61.5 Å². The number of fused-ring (bicyclic) bond motifs is 2. The third-order valence-electron chi connectivity index (χ3n) is 8.46. The Morgan fingerprint density at radius 3 is 2.66 bits per heavy atom. The van der Waals surface area contributed by atoms with Crippen LogP contribution in [0.15, 0.2) is 24.3 Å². The predicted molar refractivity (Wildman–Crippen MR) is 125 cm³/mol. The van der Waals surface area contributed by atoms with E-state index in [1.54, 1.807) is 23.5 Å². The van der Waals surface area contributed by atoms with Crippen molar-refractivity contribution in [1.82, 2.24) is 9.88 Å². The van der Waals surface area contributed by atoms with Crippen LogP contribution in [-0.2, 0) is 11.2 Å². The number of carbonyl (C=O) groups is 1. The van der Waals surface area contributed by atoms with Gasteiger partial charge in [-0.2, -0.15) is 0 Å². The molecule has 2 fully saturated rings. The number of aliphatic hydroxyl groups is 1. The largest absolute Gasteiger partial charge is 0.392 e. The Kier molecular flexibility index (Phi) is 5.65. The van der Waals surface area contributed by atoms with Gasteiger partial charge in [0, 0.05) is 35.4 Å². The molecule has 6 atom stereocenters. The van der Waals surface area contributed by atoms with E-state index in [0.29, 0.717) is 0 Å². The van der Waals surface area contributed by atoms with Crippen LogP contribution in [0.2, 0.25) is 0 Å². The summed E-state index contributed by atoms with van der Waals surface area (Å²) in [6.45, 7) is 8.23. The Balaban J connectivity index is 1.41. The van der Waals surface area contributed by atoms with E-state index in [1.165, 1.54) is 17.0 Å². The van der Waals surface area contributed by atoms with Crippen molar-refractivity contribution in [3.63, 3.8) is 0 Å². The molecular formula is C26H33FN2O2S. The van der Waals surface area contributed by atoms with Gasteiger partial charge in [0.05, 0.1) is 11.8 Å². The molecule has 4 nitrogen and oxygen atoms in total. The highest BCUT2D eigenvalue weighted by molar-refractivity contribution is 7.15. The van der Waals surface area contributed by atoms with Gasteiger partial charge in [-0.25, -0.2) is 9.37 Å². The van der Waals surface area contributed by atoms with Crippen molar-refractivity contribution < 1.29 is 14.3 Å². The number of amides is 1. The van der Waals surface area contributed by atoms with Gasteiger partial charge in [-0.15, -0.1) is 11.3 Å². The van der Waals surface area contributed by atoms with Crippen LogP contribution in [0.25, 0.3) is 10.6 Å². The molecule has 1 aromatic heterocycles. The number of aliphatic hydroxyl groups excluding tert-OH is 1. The number of hydrogen-bond donors (Lipinski definition) is 1. The second kappa shape index (κ2) is 8.21. The lowest BCUT2D eigenvalue weighted by Gasteiger charge is -2.53. The molecule has 1 aromatic carbocycles. The number of hydrogen-bond acceptors (Lipinski definition) is 4. The van der Waals surface area contributed by atoms with Crippen LogP contribution in [0, 0.1) is 29.0 Å². The lowest BCUT2D eigenvalue weighted by atomic mass is 9.53. The van der Waals surface area contributed by atoms with Gasteiger partial charge in [0.25, 0.3) is 0 Å². The minimum absolute atomic E-state index is 0.000352. The fourth-order valence-electron chi connectivity index (χ4n) is 6.67. The summed E-state index contributed by atoms with van der Waals surface area (Å²) in [6, 6.07) is 6.53. The Bertz CT molecular complexity index is 1000. The van der Waals surface area contributed by atoms with E-state index in [1.807, 2.05) is 11.8 Å². The maximum atomic E-state index is 13.4. The van der Waals surface area contributed by atoms with E-state index in [2.05, 4.69) is 13.8 Å². The zero-order valence-corrected chi connectivity index (χ0v) is 20.0. The van der Waals surface area contributed by atoms with E-state index in [4.69, 9.17) is 4.98 Å². The van der Waals surface area contributed by atoms with Crippen molar-refractivity contribution in [3.05, 3.63) is 40.7 Å². The van der Waals surface area contributed by atoms with Crippen LogP contribution in [0.4, 0.5) is 4.39 Å². The number of rotatable bonds is 3. The normalized spacial score (nSPS) is 33.0. The van der Waals surface area contributed by atoms with Crippen LogP contribution < -0.4 is 0 Å². The average molecular weight is 457 g/mol. The number of carbonyl (C=O) groups excluding carboxylic acids is 1. The summed E-state index contributed by atoms with van der Waals surface area (Å²) in [5.74, 6) is 0.0407. The average Bonchev–Trinajstić information content (AvgIpc) is 3.43. The summed E-state index contributed by atoms with van der Waals surface area (Å²) in [5, 5.41) is 12.5. The molecule has 172 valence electrons. The fraction of sp³-hybridized carbons (Fsp3) is 0.615. The molecule has 0 bridgehead atoms. The van der Waals surface area contributed by atoms with E-state index in [9.17, 15) is 14.3 Å². The van der Waals surface area contributed by atoms with Gasteiger partial charge in [0.1, 0.15) is 10.8 Å². The summed E-state index contributed by atoms with van der Waals surface area (Å²) in [7, 11) is 0. The molecule has 3 aliphatic rings. The summed E-state index contributed by atoms with van der Waals surface area (Å²) < 4.78 is 13.4. The molecule has 1 N–H and O–H groups in total. The smallest absolute Gasteiger partial charge is 0.225 e. The highest BCUT2D eigenvalue weighted by atomic mass is 32.1. The zero-order chi connectivity index (χ0) is 22.6. The standard InChI is InChI=1S/C26H33FN2O2S/c1-15(25(31)29-12-4-5-13-29)19-10-11-26(3)14-20-22(16(2)21(26)23(19)30)28-24(32-20)17-6-8-18(27)9-7-17/h6-9,15-16,19,21,23,30H,4-5,10-14H2,1-3H3/t15-,16-,19-,21+,23-,26-/m0/s1. The molecule has 2 aliphatic carbocycles. The summed E-state index contributed by atoms with van der Waals surface area (Å²) in [4.78, 5) is 21.3. The first-order chi connectivity index (χ1) is 15.3. The van der Waals surface area contributed by atoms with Crippen molar-refractivity contribution in [2.75, 3.05) is 13.1 Å². The molecule has 1 saturated heterocycles. The molecule has 6 heteroatoms. The van der Waals surface area contributed by atoms with Gasteiger partial charge in [-0.1, -0.05) is 20.8 Å². The molecule has 2 heterocycles. The second-order valence-corrected chi connectivity index (χ2v) is 11.6. The van der Waals surface area contributed by atoms with Crippen molar-refractivity contribution in [3.8, 4) is 10.6 Å². The Morgan fingerprint density at radius 1 is 1.28 bits per heavy atom. The molecule has 1 saturated carbocycles. The highest BCUT2D eigenvalue weighted by Crippen LogP contribution is 2.57. The molecular weight excluding hydrogens is 423 g/mol. The minimum atomic E-state index is -0.505. The topological polar surface area (TPSA) is 53.4 Å². The number of aromatic nitrogens is 1. The van der Waals surface area contributed by atoms with Gasteiger partial charge < -0.3 is 10.0 Å². The predicted octanol–water partition coefficient (Wildman–Crippen LogP) is 5.26. The number of likely N-dealkylation sites (tertiary alicyclic amines) is 1. The number of halogens is 1. The number of nitrogens with zero attached hydrogens (tertiary/aromatic N) is 2. The maximum absolute atomic E-state index is 13.4. The molecule has 32 heavy (non-hydrogen) atoms. The third kappa shape index (κ3) is 3.60. The first-order valence-corrected chi connectivity index (χ1v) is 12.8. The van der Waals surface area contributed by atoms with Gasteiger partial charge in [0.2, 0.25) is 5.91 Å². The van der Waals surface area contributed by atoms with Crippen molar-refractivity contribution in [1.29, 1.82) is 0 Å². The van der Waals surface area contributed by atoms with Crippen LogP contribution in [0.1, 0.15) is 62.9 Å². The lowest BCUT2D eigenvalue weighted by molar-refractivity contribution is -0.143. The third-order valence-corrected chi connectivity index (χ3v) is 9.58. The molecule has 0 spiro atoms. The first kappa shape index (κ1) is 22.0. The van der Waals surface area contributed by atoms with Gasteiger partial charge in [-0.3, -0.25) is 4.79 Å². The van der Waals surface area contributed by atoms with Crippen molar-refractivity contribution in [2.45, 2.75) is 64.9 Å². The fourth-order valence-corrected chi connectivity index (χ4v) is 8.04. The Labute approximate surface area is 193 Å². The quantitative estimate of drug-likeness (QED) is 0.685. The van der Waals surface area contributed by atoms with Crippen LogP contribution >= 0.6 is 11.3 Å². The van der Waals surface area contributed by atoms with Gasteiger partial charge >= 0.3 is 0 Å². The number of thiazole rings is 1. The Morgan fingerprint density at radius 2 is 1.97 bits per heavy atom. The molecule has 1 aliphatic heterocycles. The van der Waals surface area contributed by atoms with Crippen LogP contribution in [0.3, 0.4) is 0 Å². The van der Waals surface area contributed by atoms with Crippen LogP contribution in [0.5, 0.6) is 0 Å². The van der Waals surface area contributed by atoms with E-state index >= 15 is 0 Å². The zero-order valence-electron chi connectivity index (χ0n) is 19.2. The second-order valence-electron chi connectivity index (χ2n) is 10.5. The summed E-state index contributed by atoms with van der Waals surface area (Å²) in [5.41, 5.74) is 2.02. The molecule has 2 aromatic rings. The molecule has 1 amide bonds. The molecule has 0 unspecified atom stereocenters. The number of benzene rings is 1. The van der Waals surface area contributed by atoms with Crippen molar-refractivity contribution >= 4 is 17.2 Å². The first-order valence-electron chi connectivity index (χ1n) is 12.0.